The predicted octanol–water partition coefficient (Wildman–Crippen LogP) is 5.82. The second-order valence-corrected chi connectivity index (χ2v) is 10.2. The highest BCUT2D eigenvalue weighted by atomic mass is 35.5. The molecule has 4 rings (SSSR count). The Morgan fingerprint density at radius 1 is 1.16 bits per heavy atom. The predicted molar refractivity (Wildman–Crippen MR) is 137 cm³/mol. The molecule has 1 aliphatic heterocycles. The largest absolute Gasteiger partial charge is 0.573 e. The molecule has 1 fully saturated rings. The van der Waals surface area contributed by atoms with Crippen LogP contribution >= 0.6 is 23.4 Å². The summed E-state index contributed by atoms with van der Waals surface area (Å²) in [6.45, 7) is 3.25. The topological polar surface area (TPSA) is 78.7 Å². The second kappa shape index (κ2) is 12.2. The molecule has 0 amide bonds. The molecule has 38 heavy (non-hydrogen) atoms. The summed E-state index contributed by atoms with van der Waals surface area (Å²) in [4.78, 5) is 14.4. The summed E-state index contributed by atoms with van der Waals surface area (Å²) in [6.07, 6.45) is -3.53. The van der Waals surface area contributed by atoms with Crippen LogP contribution in [0.2, 0.25) is 5.02 Å². The Morgan fingerprint density at radius 3 is 2.50 bits per heavy atom. The summed E-state index contributed by atoms with van der Waals surface area (Å²) in [5.74, 6) is -0.120. The van der Waals surface area contributed by atoms with Crippen LogP contribution in [-0.4, -0.2) is 59.4 Å². The monoisotopic (exact) mass is 570 g/mol. The van der Waals surface area contributed by atoms with E-state index < -0.39 is 12.3 Å². The van der Waals surface area contributed by atoms with E-state index in [2.05, 4.69) is 15.0 Å². The molecular weight excluding hydrogens is 545 g/mol. The van der Waals surface area contributed by atoms with Gasteiger partial charge in [0.25, 0.3) is 0 Å². The third kappa shape index (κ3) is 7.04. The molecule has 204 valence electrons. The number of aromatic nitrogens is 3. The molecule has 0 radical (unpaired) electrons. The van der Waals surface area contributed by atoms with Crippen molar-refractivity contribution in [3.8, 4) is 11.5 Å². The molecule has 0 aliphatic carbocycles. The summed E-state index contributed by atoms with van der Waals surface area (Å²) >= 11 is 7.54. The zero-order chi connectivity index (χ0) is 27.3. The van der Waals surface area contributed by atoms with Gasteiger partial charge in [-0.1, -0.05) is 28.9 Å². The normalized spacial score (nSPS) is 14.4. The Balaban J connectivity index is 1.50. The van der Waals surface area contributed by atoms with E-state index in [-0.39, 0.29) is 29.0 Å². The highest BCUT2D eigenvalue weighted by molar-refractivity contribution is 8.00. The zero-order valence-electron chi connectivity index (χ0n) is 20.7. The lowest BCUT2D eigenvalue weighted by Gasteiger charge is -2.34. The number of ether oxygens (including phenoxy) is 3. The minimum absolute atomic E-state index is 0.0683. The van der Waals surface area contributed by atoms with Crippen molar-refractivity contribution in [2.75, 3.05) is 31.7 Å². The number of alkyl halides is 3. The number of methoxy groups -OCH3 is 1. The van der Waals surface area contributed by atoms with E-state index in [1.165, 1.54) is 30.0 Å². The minimum Gasteiger partial charge on any atom is -0.497 e. The molecule has 0 spiro atoms. The van der Waals surface area contributed by atoms with Crippen molar-refractivity contribution < 1.29 is 32.2 Å². The lowest BCUT2D eigenvalue weighted by Crippen LogP contribution is -2.35. The first kappa shape index (κ1) is 27.9. The van der Waals surface area contributed by atoms with Crippen LogP contribution in [0, 0.1) is 0 Å². The van der Waals surface area contributed by atoms with Crippen LogP contribution in [0.3, 0.4) is 0 Å². The molecular formula is C25H26ClF3N4O4S. The van der Waals surface area contributed by atoms with Crippen LogP contribution in [0.15, 0.2) is 47.5 Å². The van der Waals surface area contributed by atoms with Gasteiger partial charge in [0.05, 0.1) is 25.9 Å². The van der Waals surface area contributed by atoms with Gasteiger partial charge in [0.15, 0.2) is 5.75 Å². The third-order valence-corrected chi connectivity index (χ3v) is 7.52. The number of carbonyl (C=O) groups is 1. The fraction of sp³-hybridized carbons (Fsp3) is 0.400. The molecule has 13 heteroatoms. The van der Waals surface area contributed by atoms with Crippen molar-refractivity contribution in [1.82, 2.24) is 15.0 Å². The van der Waals surface area contributed by atoms with Crippen molar-refractivity contribution in [1.29, 1.82) is 0 Å². The van der Waals surface area contributed by atoms with Crippen LogP contribution in [0.1, 0.15) is 35.8 Å². The van der Waals surface area contributed by atoms with Crippen LogP contribution < -0.4 is 14.4 Å². The molecule has 0 bridgehead atoms. The number of halogens is 4. The molecule has 1 saturated heterocycles. The summed E-state index contributed by atoms with van der Waals surface area (Å²) in [5.41, 5.74) is 1.38. The van der Waals surface area contributed by atoms with E-state index in [9.17, 15) is 18.0 Å². The molecule has 0 N–H and O–H groups in total. The van der Waals surface area contributed by atoms with Crippen LogP contribution in [-0.2, 0) is 11.3 Å². The van der Waals surface area contributed by atoms with E-state index in [0.717, 1.165) is 11.3 Å². The number of anilines is 1. The van der Waals surface area contributed by atoms with E-state index in [0.29, 0.717) is 42.5 Å². The standard InChI is InChI=1S/C25H26ClF3N4O4S/c1-3-36-24(34)22-23(33(31-30-22)15-16-4-7-18(35-2)8-5-16)38-19-10-12-32(13-11-19)20-14-17(26)6-9-21(20)37-25(27,28)29/h4-9,14,19H,3,10-13,15H2,1-2H3. The smallest absolute Gasteiger partial charge is 0.497 e. The quantitative estimate of drug-likeness (QED) is 0.298. The van der Waals surface area contributed by atoms with Gasteiger partial charge in [-0.15, -0.1) is 30.0 Å². The number of hydrogen-bond acceptors (Lipinski definition) is 8. The van der Waals surface area contributed by atoms with Crippen molar-refractivity contribution in [3.05, 3.63) is 58.7 Å². The Hall–Kier alpha value is -3.12. The molecule has 1 aromatic heterocycles. The third-order valence-electron chi connectivity index (χ3n) is 5.86. The summed E-state index contributed by atoms with van der Waals surface area (Å²) in [7, 11) is 1.59. The highest BCUT2D eigenvalue weighted by Gasteiger charge is 2.34. The molecule has 0 saturated carbocycles. The molecule has 0 unspecified atom stereocenters. The molecule has 2 heterocycles. The number of piperidine rings is 1. The second-order valence-electron chi connectivity index (χ2n) is 8.43. The van der Waals surface area contributed by atoms with Gasteiger partial charge < -0.3 is 19.1 Å². The average molecular weight is 571 g/mol. The Bertz CT molecular complexity index is 1250. The van der Waals surface area contributed by atoms with Gasteiger partial charge in [-0.25, -0.2) is 9.48 Å². The Morgan fingerprint density at radius 2 is 1.87 bits per heavy atom. The molecule has 0 atom stereocenters. The number of thioether (sulfide) groups is 1. The number of carbonyl (C=O) groups excluding carboxylic acids is 1. The molecule has 2 aromatic carbocycles. The van der Waals surface area contributed by atoms with Crippen LogP contribution in [0.4, 0.5) is 18.9 Å². The maximum absolute atomic E-state index is 12.9. The van der Waals surface area contributed by atoms with E-state index >= 15 is 0 Å². The SMILES string of the molecule is CCOC(=O)c1nnn(Cc2ccc(OC)cc2)c1SC1CCN(c2cc(Cl)ccc2OC(F)(F)F)CC1. The summed E-state index contributed by atoms with van der Waals surface area (Å²) in [6, 6.07) is 11.6. The molecule has 8 nitrogen and oxygen atoms in total. The maximum Gasteiger partial charge on any atom is 0.573 e. The molecule has 3 aromatic rings. The Kier molecular flexibility index (Phi) is 8.93. The van der Waals surface area contributed by atoms with E-state index in [1.54, 1.807) is 18.7 Å². The van der Waals surface area contributed by atoms with Crippen molar-refractivity contribution in [3.63, 3.8) is 0 Å². The summed E-state index contributed by atoms with van der Waals surface area (Å²) in [5, 5.41) is 9.27. The summed E-state index contributed by atoms with van der Waals surface area (Å²) < 4.78 is 55.0. The zero-order valence-corrected chi connectivity index (χ0v) is 22.3. The van der Waals surface area contributed by atoms with Crippen molar-refractivity contribution in [2.24, 2.45) is 0 Å². The van der Waals surface area contributed by atoms with Crippen molar-refractivity contribution >= 4 is 35.0 Å². The van der Waals surface area contributed by atoms with Gasteiger partial charge in [-0.2, -0.15) is 0 Å². The minimum atomic E-state index is -4.81. The number of esters is 1. The number of hydrogen-bond donors (Lipinski definition) is 0. The maximum atomic E-state index is 12.9. The number of benzene rings is 2. The van der Waals surface area contributed by atoms with Gasteiger partial charge in [-0.05, 0) is 55.7 Å². The number of rotatable bonds is 9. The van der Waals surface area contributed by atoms with Gasteiger partial charge >= 0.3 is 12.3 Å². The fourth-order valence-electron chi connectivity index (χ4n) is 4.08. The first-order valence-corrected chi connectivity index (χ1v) is 13.1. The fourth-order valence-corrected chi connectivity index (χ4v) is 5.46. The van der Waals surface area contributed by atoms with Crippen molar-refractivity contribution in [2.45, 2.75) is 42.9 Å². The van der Waals surface area contributed by atoms with Gasteiger partial charge in [0, 0.05) is 23.4 Å². The average Bonchev–Trinajstić information content (AvgIpc) is 3.27. The van der Waals surface area contributed by atoms with Gasteiger partial charge in [0.2, 0.25) is 5.69 Å². The van der Waals surface area contributed by atoms with Crippen LogP contribution in [0.5, 0.6) is 11.5 Å². The lowest BCUT2D eigenvalue weighted by atomic mass is 10.1. The first-order valence-electron chi connectivity index (χ1n) is 11.9. The number of nitrogens with zero attached hydrogens (tertiary/aromatic N) is 4. The van der Waals surface area contributed by atoms with Gasteiger partial charge in [0.1, 0.15) is 10.8 Å². The van der Waals surface area contributed by atoms with E-state index in [1.807, 2.05) is 29.2 Å². The highest BCUT2D eigenvalue weighted by Crippen LogP contribution is 2.39. The lowest BCUT2D eigenvalue weighted by molar-refractivity contribution is -0.274. The molecule has 1 aliphatic rings. The Labute approximate surface area is 227 Å². The van der Waals surface area contributed by atoms with Crippen LogP contribution in [0.25, 0.3) is 0 Å². The first-order chi connectivity index (χ1) is 18.2. The van der Waals surface area contributed by atoms with E-state index in [4.69, 9.17) is 21.1 Å². The van der Waals surface area contributed by atoms with Gasteiger partial charge in [-0.3, -0.25) is 0 Å².